The Bertz CT molecular complexity index is 1050. The topological polar surface area (TPSA) is 94.1 Å². The lowest BCUT2D eigenvalue weighted by Gasteiger charge is -2.41. The molecule has 0 aliphatic carbocycles. The lowest BCUT2D eigenvalue weighted by Crippen LogP contribution is -2.56. The number of halogens is 2. The van der Waals surface area contributed by atoms with Crippen LogP contribution in [-0.4, -0.2) is 82.4 Å². The van der Waals surface area contributed by atoms with Crippen LogP contribution in [0.2, 0.25) is 0 Å². The van der Waals surface area contributed by atoms with Crippen LogP contribution in [0.15, 0.2) is 36.5 Å². The Balaban J connectivity index is 1.38. The molecule has 0 bridgehead atoms. The van der Waals surface area contributed by atoms with Gasteiger partial charge in [-0.05, 0) is 51.6 Å². The van der Waals surface area contributed by atoms with E-state index in [2.05, 4.69) is 15.3 Å². The highest BCUT2D eigenvalue weighted by Crippen LogP contribution is 2.31. The van der Waals surface area contributed by atoms with Gasteiger partial charge in [0.2, 0.25) is 5.95 Å². The quantitative estimate of drug-likeness (QED) is 0.612. The van der Waals surface area contributed by atoms with Crippen molar-refractivity contribution in [2.45, 2.75) is 50.5 Å². The first-order chi connectivity index (χ1) is 16.5. The van der Waals surface area contributed by atoms with Crippen molar-refractivity contribution < 1.29 is 23.4 Å². The molecule has 0 saturated carbocycles. The number of anilines is 2. The number of alkyl halides is 2. The van der Waals surface area contributed by atoms with Crippen molar-refractivity contribution in [3.8, 4) is 0 Å². The maximum atomic E-state index is 14.5. The molecule has 0 radical (unpaired) electrons. The van der Waals surface area contributed by atoms with Gasteiger partial charge in [-0.2, -0.15) is 4.98 Å². The summed E-state index contributed by atoms with van der Waals surface area (Å²) in [5, 5.41) is 13.6. The van der Waals surface area contributed by atoms with Gasteiger partial charge in [-0.3, -0.25) is 4.90 Å². The molecule has 11 heteroatoms. The number of amides is 1. The fraction of sp³-hybridized carbons (Fsp3) is 0.542. The van der Waals surface area contributed by atoms with Crippen LogP contribution in [0.5, 0.6) is 0 Å². The molecule has 4 rings (SSSR count). The molecule has 0 spiro atoms. The van der Waals surface area contributed by atoms with E-state index in [0.717, 1.165) is 16.0 Å². The first-order valence-corrected chi connectivity index (χ1v) is 11.6. The van der Waals surface area contributed by atoms with E-state index in [9.17, 15) is 18.7 Å². The number of hydrogen-bond donors (Lipinski definition) is 2. The first kappa shape index (κ1) is 25.2. The van der Waals surface area contributed by atoms with Gasteiger partial charge in [-0.1, -0.05) is 24.3 Å². The lowest BCUT2D eigenvalue weighted by molar-refractivity contribution is -0.119. The number of ether oxygens (including phenoxy) is 1. The third kappa shape index (κ3) is 5.52. The van der Waals surface area contributed by atoms with Gasteiger partial charge >= 0.3 is 6.09 Å². The second-order valence-electron chi connectivity index (χ2n) is 9.69. The summed E-state index contributed by atoms with van der Waals surface area (Å²) in [7, 11) is 3.40. The zero-order valence-corrected chi connectivity index (χ0v) is 20.4. The number of aliphatic hydroxyl groups is 1. The number of carbonyl (C=O) groups excluding carboxylic acids is 1. The van der Waals surface area contributed by atoms with E-state index in [-0.39, 0.29) is 25.0 Å². The van der Waals surface area contributed by atoms with E-state index in [1.807, 2.05) is 31.2 Å². The molecule has 2 aliphatic heterocycles. The van der Waals surface area contributed by atoms with E-state index in [4.69, 9.17) is 4.74 Å². The van der Waals surface area contributed by atoms with Crippen LogP contribution in [-0.2, 0) is 11.3 Å². The zero-order valence-electron chi connectivity index (χ0n) is 20.4. The number of piperidine rings is 1. The number of cyclic esters (lactones) is 1. The third-order valence-corrected chi connectivity index (χ3v) is 6.50. The number of carbonyl (C=O) groups is 1. The SMILES string of the molecule is C[C@H](Nc1nccc(N2C(=O)OC[C@]2(C)O)n1)c1ccc(CN2CCC(N(C)C)C(F)(F)C2)cc1. The number of aromatic nitrogens is 2. The van der Waals surface area contributed by atoms with E-state index < -0.39 is 23.8 Å². The summed E-state index contributed by atoms with van der Waals surface area (Å²) in [5.74, 6) is -2.22. The molecular formula is C24H32F2N6O3. The second kappa shape index (κ2) is 9.63. The highest BCUT2D eigenvalue weighted by molar-refractivity contribution is 5.89. The van der Waals surface area contributed by atoms with Crippen LogP contribution in [0.3, 0.4) is 0 Å². The van der Waals surface area contributed by atoms with Gasteiger partial charge in [0.1, 0.15) is 12.4 Å². The first-order valence-electron chi connectivity index (χ1n) is 11.6. The average molecular weight is 491 g/mol. The molecular weight excluding hydrogens is 458 g/mol. The third-order valence-electron chi connectivity index (χ3n) is 6.50. The Morgan fingerprint density at radius 1 is 1.29 bits per heavy atom. The molecule has 1 amide bonds. The second-order valence-corrected chi connectivity index (χ2v) is 9.69. The number of likely N-dealkylation sites (tertiary alicyclic amines) is 1. The minimum atomic E-state index is -2.74. The van der Waals surface area contributed by atoms with Gasteiger partial charge in [0, 0.05) is 19.3 Å². The minimum Gasteiger partial charge on any atom is -0.444 e. The molecule has 190 valence electrons. The molecule has 2 aromatic rings. The van der Waals surface area contributed by atoms with Crippen LogP contribution in [0, 0.1) is 0 Å². The smallest absolute Gasteiger partial charge is 0.418 e. The summed E-state index contributed by atoms with van der Waals surface area (Å²) in [6.45, 7) is 4.12. The molecule has 3 heterocycles. The summed E-state index contributed by atoms with van der Waals surface area (Å²) in [5.41, 5.74) is 0.440. The van der Waals surface area contributed by atoms with E-state index in [1.54, 1.807) is 23.9 Å². The maximum absolute atomic E-state index is 14.5. The predicted octanol–water partition coefficient (Wildman–Crippen LogP) is 3.09. The van der Waals surface area contributed by atoms with Crippen LogP contribution in [0.1, 0.15) is 37.4 Å². The van der Waals surface area contributed by atoms with E-state index in [1.165, 1.54) is 19.2 Å². The van der Waals surface area contributed by atoms with Gasteiger partial charge in [0.05, 0.1) is 18.6 Å². The van der Waals surface area contributed by atoms with Crippen molar-refractivity contribution >= 4 is 17.9 Å². The lowest BCUT2D eigenvalue weighted by atomic mass is 9.99. The molecule has 1 aromatic heterocycles. The summed E-state index contributed by atoms with van der Waals surface area (Å²) >= 11 is 0. The monoisotopic (exact) mass is 490 g/mol. The van der Waals surface area contributed by atoms with Crippen LogP contribution in [0.4, 0.5) is 25.3 Å². The Morgan fingerprint density at radius 2 is 2.00 bits per heavy atom. The fourth-order valence-electron chi connectivity index (χ4n) is 4.62. The van der Waals surface area contributed by atoms with Gasteiger partial charge < -0.3 is 20.1 Å². The van der Waals surface area contributed by atoms with Crippen molar-refractivity contribution in [1.29, 1.82) is 0 Å². The largest absolute Gasteiger partial charge is 0.444 e. The number of benzene rings is 1. The number of nitrogens with one attached hydrogen (secondary N) is 1. The maximum Gasteiger partial charge on any atom is 0.418 e. The summed E-state index contributed by atoms with van der Waals surface area (Å²) in [6, 6.07) is 8.42. The van der Waals surface area contributed by atoms with Crippen LogP contribution >= 0.6 is 0 Å². The van der Waals surface area contributed by atoms with Crippen molar-refractivity contribution in [3.05, 3.63) is 47.7 Å². The fourth-order valence-corrected chi connectivity index (χ4v) is 4.62. The highest BCUT2D eigenvalue weighted by Gasteiger charge is 2.46. The molecule has 9 nitrogen and oxygen atoms in total. The highest BCUT2D eigenvalue weighted by atomic mass is 19.3. The Hall–Kier alpha value is -2.89. The van der Waals surface area contributed by atoms with Crippen molar-refractivity contribution in [2.24, 2.45) is 0 Å². The molecule has 2 aliphatic rings. The number of nitrogens with zero attached hydrogens (tertiary/aromatic N) is 5. The van der Waals surface area contributed by atoms with Crippen LogP contribution < -0.4 is 10.2 Å². The van der Waals surface area contributed by atoms with Crippen molar-refractivity contribution in [2.75, 3.05) is 44.0 Å². The normalized spacial score (nSPS) is 25.5. The molecule has 1 unspecified atom stereocenters. The van der Waals surface area contributed by atoms with Gasteiger partial charge in [0.15, 0.2) is 5.72 Å². The van der Waals surface area contributed by atoms with E-state index in [0.29, 0.717) is 25.5 Å². The molecule has 2 saturated heterocycles. The summed E-state index contributed by atoms with van der Waals surface area (Å²) in [6.07, 6.45) is 1.26. The Morgan fingerprint density at radius 3 is 2.60 bits per heavy atom. The zero-order chi connectivity index (χ0) is 25.4. The van der Waals surface area contributed by atoms with Crippen LogP contribution in [0.25, 0.3) is 0 Å². The van der Waals surface area contributed by atoms with Gasteiger partial charge in [-0.15, -0.1) is 0 Å². The van der Waals surface area contributed by atoms with Crippen molar-refractivity contribution in [1.82, 2.24) is 19.8 Å². The summed E-state index contributed by atoms with van der Waals surface area (Å²) < 4.78 is 33.9. The Labute approximate surface area is 203 Å². The minimum absolute atomic E-state index is 0.146. The Kier molecular flexibility index (Phi) is 6.94. The van der Waals surface area contributed by atoms with E-state index >= 15 is 0 Å². The predicted molar refractivity (Wildman–Crippen MR) is 127 cm³/mol. The number of hydrogen-bond acceptors (Lipinski definition) is 8. The van der Waals surface area contributed by atoms with Gasteiger partial charge in [0.25, 0.3) is 5.92 Å². The molecule has 2 N–H and O–H groups in total. The molecule has 3 atom stereocenters. The molecule has 2 fully saturated rings. The molecule has 35 heavy (non-hydrogen) atoms. The molecule has 1 aromatic carbocycles. The van der Waals surface area contributed by atoms with Crippen molar-refractivity contribution in [3.63, 3.8) is 0 Å². The number of rotatable bonds is 7. The standard InChI is InChI=1S/C24H32F2N6O3/c1-16(28-21-27-11-9-20(29-21)32-22(33)35-15-23(32,2)34)18-7-5-17(6-8-18)13-31-12-10-19(30(3)4)24(25,26)14-31/h5-9,11,16,19,34H,10,12-15H2,1-4H3,(H,27,28,29)/t16-,19?,23-/m0/s1. The average Bonchev–Trinajstić information content (AvgIpc) is 3.05. The van der Waals surface area contributed by atoms with Gasteiger partial charge in [-0.25, -0.2) is 23.5 Å². The summed E-state index contributed by atoms with van der Waals surface area (Å²) in [4.78, 5) is 25.1.